The van der Waals surface area contributed by atoms with Crippen molar-refractivity contribution in [1.82, 2.24) is 9.80 Å². The number of benzene rings is 2. The number of nitrogens with zero attached hydrogens (tertiary/aromatic N) is 2. The van der Waals surface area contributed by atoms with Crippen molar-refractivity contribution in [1.29, 1.82) is 0 Å². The van der Waals surface area contributed by atoms with Crippen LogP contribution in [0.25, 0.3) is 0 Å². The van der Waals surface area contributed by atoms with E-state index in [1.165, 1.54) is 12.1 Å². The smallest absolute Gasteiger partial charge is 0.320 e. The van der Waals surface area contributed by atoms with Crippen LogP contribution < -0.4 is 0 Å². The lowest BCUT2D eigenvalue weighted by Crippen LogP contribution is -2.42. The first-order chi connectivity index (χ1) is 15.1. The molecule has 0 aromatic heterocycles. The van der Waals surface area contributed by atoms with E-state index in [0.29, 0.717) is 13.1 Å². The summed E-state index contributed by atoms with van der Waals surface area (Å²) in [6, 6.07) is 15.9. The Bertz CT molecular complexity index is 848. The number of hydrogen-bond acceptors (Lipinski definition) is 5. The molecule has 0 aliphatic carbocycles. The van der Waals surface area contributed by atoms with E-state index in [2.05, 4.69) is 6.92 Å². The maximum Gasteiger partial charge on any atom is 0.320 e. The molecule has 166 valence electrons. The van der Waals surface area contributed by atoms with Crippen LogP contribution in [0.1, 0.15) is 36.3 Å². The number of amides is 1. The first-order valence-electron chi connectivity index (χ1n) is 10.6. The van der Waals surface area contributed by atoms with Crippen molar-refractivity contribution < 1.29 is 18.7 Å². The van der Waals surface area contributed by atoms with E-state index in [0.717, 1.165) is 29.7 Å². The maximum absolute atomic E-state index is 13.3. The van der Waals surface area contributed by atoms with Crippen LogP contribution in [0.5, 0.6) is 0 Å². The van der Waals surface area contributed by atoms with Crippen molar-refractivity contribution in [3.05, 3.63) is 71.5 Å². The summed E-state index contributed by atoms with van der Waals surface area (Å²) in [5, 5.41) is -0.119. The van der Waals surface area contributed by atoms with Gasteiger partial charge in [0.15, 0.2) is 0 Å². The van der Waals surface area contributed by atoms with E-state index >= 15 is 0 Å². The van der Waals surface area contributed by atoms with Gasteiger partial charge >= 0.3 is 5.97 Å². The van der Waals surface area contributed by atoms with Crippen LogP contribution in [0, 0.1) is 5.82 Å². The zero-order valence-corrected chi connectivity index (χ0v) is 18.7. The second-order valence-electron chi connectivity index (χ2n) is 7.57. The second kappa shape index (κ2) is 11.9. The Morgan fingerprint density at radius 2 is 1.87 bits per heavy atom. The van der Waals surface area contributed by atoms with Crippen LogP contribution in [-0.4, -0.2) is 53.6 Å². The molecule has 1 saturated heterocycles. The van der Waals surface area contributed by atoms with Crippen LogP contribution in [0.3, 0.4) is 0 Å². The topological polar surface area (TPSA) is 49.9 Å². The Morgan fingerprint density at radius 3 is 2.58 bits per heavy atom. The normalized spacial score (nSPS) is 16.0. The molecule has 2 aromatic rings. The molecule has 0 N–H and O–H groups in total. The summed E-state index contributed by atoms with van der Waals surface area (Å²) in [6.07, 6.45) is 1.87. The number of carbonyl (C=O) groups is 2. The van der Waals surface area contributed by atoms with Gasteiger partial charge in [-0.3, -0.25) is 14.5 Å². The Hall–Kier alpha value is -2.38. The highest BCUT2D eigenvalue weighted by molar-refractivity contribution is 7.99. The third-order valence-corrected chi connectivity index (χ3v) is 6.41. The number of ether oxygens (including phenoxy) is 1. The minimum Gasteiger partial charge on any atom is -0.460 e. The highest BCUT2D eigenvalue weighted by atomic mass is 32.2. The summed E-state index contributed by atoms with van der Waals surface area (Å²) in [4.78, 5) is 29.1. The zero-order valence-electron chi connectivity index (χ0n) is 17.8. The largest absolute Gasteiger partial charge is 0.460 e. The van der Waals surface area contributed by atoms with Gasteiger partial charge in [0.1, 0.15) is 17.8 Å². The molecule has 1 fully saturated rings. The average Bonchev–Trinajstić information content (AvgIpc) is 3.27. The fourth-order valence-corrected chi connectivity index (χ4v) is 4.75. The van der Waals surface area contributed by atoms with E-state index in [1.807, 2.05) is 40.1 Å². The first kappa shape index (κ1) is 23.3. The second-order valence-corrected chi connectivity index (χ2v) is 8.76. The molecule has 0 spiro atoms. The molecule has 5 nitrogen and oxygen atoms in total. The van der Waals surface area contributed by atoms with Gasteiger partial charge in [-0.05, 0) is 36.2 Å². The molecule has 1 atom stereocenters. The Labute approximate surface area is 187 Å². The van der Waals surface area contributed by atoms with Crippen LogP contribution in [0.4, 0.5) is 4.39 Å². The van der Waals surface area contributed by atoms with Gasteiger partial charge in [-0.15, -0.1) is 11.8 Å². The molecular formula is C24H29FN2O3S. The number of esters is 1. The van der Waals surface area contributed by atoms with E-state index in [1.54, 1.807) is 23.9 Å². The fraction of sp³-hybridized carbons (Fsp3) is 0.417. The Balaban J connectivity index is 1.57. The molecule has 7 heteroatoms. The number of halogens is 1. The van der Waals surface area contributed by atoms with Crippen molar-refractivity contribution in [3.63, 3.8) is 0 Å². The lowest BCUT2D eigenvalue weighted by Gasteiger charge is -2.28. The monoisotopic (exact) mass is 444 g/mol. The summed E-state index contributed by atoms with van der Waals surface area (Å²) in [5.41, 5.74) is 1.85. The highest BCUT2D eigenvalue weighted by Crippen LogP contribution is 2.37. The van der Waals surface area contributed by atoms with Gasteiger partial charge in [0.2, 0.25) is 5.91 Å². The highest BCUT2D eigenvalue weighted by Gasteiger charge is 2.31. The van der Waals surface area contributed by atoms with Crippen LogP contribution in [0.15, 0.2) is 54.6 Å². The fourth-order valence-electron chi connectivity index (χ4n) is 3.47. The van der Waals surface area contributed by atoms with E-state index in [4.69, 9.17) is 4.74 Å². The van der Waals surface area contributed by atoms with Gasteiger partial charge < -0.3 is 9.64 Å². The zero-order chi connectivity index (χ0) is 22.1. The Morgan fingerprint density at radius 1 is 1.13 bits per heavy atom. The number of hydrogen-bond donors (Lipinski definition) is 0. The number of rotatable bonds is 10. The van der Waals surface area contributed by atoms with Gasteiger partial charge in [0.05, 0.1) is 13.1 Å². The molecule has 0 bridgehead atoms. The lowest BCUT2D eigenvalue weighted by atomic mass is 10.2. The summed E-state index contributed by atoms with van der Waals surface area (Å²) in [6.45, 7) is 3.86. The molecule has 1 heterocycles. The predicted octanol–water partition coefficient (Wildman–Crippen LogP) is 4.25. The van der Waals surface area contributed by atoms with Crippen molar-refractivity contribution in [2.75, 3.05) is 31.9 Å². The molecule has 0 saturated carbocycles. The Kier molecular flexibility index (Phi) is 8.91. The summed E-state index contributed by atoms with van der Waals surface area (Å²) < 4.78 is 18.7. The van der Waals surface area contributed by atoms with E-state index in [-0.39, 0.29) is 42.8 Å². The molecule has 2 aromatic carbocycles. The SMILES string of the molecule is CCCCN(CC(=O)OCc1ccccc1)CC(=O)N1CCS[C@H]1c1ccc(F)cc1. The van der Waals surface area contributed by atoms with Crippen LogP contribution in [0.2, 0.25) is 0 Å². The van der Waals surface area contributed by atoms with E-state index < -0.39 is 0 Å². The minimum atomic E-state index is -0.335. The third-order valence-electron chi connectivity index (χ3n) is 5.15. The average molecular weight is 445 g/mol. The van der Waals surface area contributed by atoms with Crippen LogP contribution >= 0.6 is 11.8 Å². The molecular weight excluding hydrogens is 415 g/mol. The summed E-state index contributed by atoms with van der Waals surface area (Å²) in [5.74, 6) is 0.191. The number of carbonyl (C=O) groups excluding carboxylic acids is 2. The van der Waals surface area contributed by atoms with Crippen molar-refractivity contribution in [2.45, 2.75) is 31.7 Å². The minimum absolute atomic E-state index is 0.0220. The van der Waals surface area contributed by atoms with Crippen molar-refractivity contribution in [3.8, 4) is 0 Å². The van der Waals surface area contributed by atoms with Crippen molar-refractivity contribution >= 4 is 23.6 Å². The maximum atomic E-state index is 13.3. The summed E-state index contributed by atoms with van der Waals surface area (Å²) in [7, 11) is 0. The van der Waals surface area contributed by atoms with Crippen LogP contribution in [-0.2, 0) is 20.9 Å². The van der Waals surface area contributed by atoms with Gasteiger partial charge in [0, 0.05) is 12.3 Å². The van der Waals surface area contributed by atoms with Gasteiger partial charge in [0.25, 0.3) is 0 Å². The van der Waals surface area contributed by atoms with Gasteiger partial charge in [-0.25, -0.2) is 4.39 Å². The summed E-state index contributed by atoms with van der Waals surface area (Å²) >= 11 is 1.67. The van der Waals surface area contributed by atoms with E-state index in [9.17, 15) is 14.0 Å². The molecule has 1 aliphatic heterocycles. The predicted molar refractivity (Wildman–Crippen MR) is 121 cm³/mol. The molecule has 1 aliphatic rings. The first-order valence-corrected chi connectivity index (χ1v) is 11.7. The number of unbranched alkanes of at least 4 members (excludes halogenated alkanes) is 1. The van der Waals surface area contributed by atoms with Gasteiger partial charge in [-0.1, -0.05) is 55.8 Å². The number of thioether (sulfide) groups is 1. The van der Waals surface area contributed by atoms with Gasteiger partial charge in [-0.2, -0.15) is 0 Å². The molecule has 3 rings (SSSR count). The van der Waals surface area contributed by atoms with Crippen molar-refractivity contribution in [2.24, 2.45) is 0 Å². The quantitative estimate of drug-likeness (QED) is 0.513. The molecule has 0 unspecified atom stereocenters. The molecule has 31 heavy (non-hydrogen) atoms. The lowest BCUT2D eigenvalue weighted by molar-refractivity contribution is -0.147. The molecule has 0 radical (unpaired) electrons. The standard InChI is InChI=1S/C24H29FN2O3S/c1-2-3-13-26(17-23(29)30-18-19-7-5-4-6-8-19)16-22(28)27-14-15-31-24(27)20-9-11-21(25)12-10-20/h4-12,24H,2-3,13-18H2,1H3/t24-/m0/s1. The third kappa shape index (κ3) is 7.08. The molecule has 1 amide bonds.